The number of carbonyl (C=O) groups excluding carboxylic acids is 3. The number of amides is 2. The largest absolute Gasteiger partial charge is 0.494 e. The van der Waals surface area contributed by atoms with Crippen LogP contribution in [-0.4, -0.2) is 62.0 Å². The van der Waals surface area contributed by atoms with Crippen LogP contribution in [0.25, 0.3) is 10.2 Å². The van der Waals surface area contributed by atoms with Crippen molar-refractivity contribution >= 4 is 54.9 Å². The Morgan fingerprint density at radius 3 is 2.61 bits per heavy atom. The minimum Gasteiger partial charge on any atom is -0.494 e. The van der Waals surface area contributed by atoms with Crippen molar-refractivity contribution in [1.82, 2.24) is 4.57 Å². The fourth-order valence-corrected chi connectivity index (χ4v) is 6.47. The van der Waals surface area contributed by atoms with Crippen molar-refractivity contribution < 1.29 is 32.3 Å². The molecule has 0 aliphatic carbocycles. The van der Waals surface area contributed by atoms with Crippen LogP contribution in [0.15, 0.2) is 47.5 Å². The lowest BCUT2D eigenvalue weighted by molar-refractivity contribution is -0.143. The zero-order valence-electron chi connectivity index (χ0n) is 21.2. The van der Waals surface area contributed by atoms with Gasteiger partial charge in [-0.1, -0.05) is 29.5 Å². The van der Waals surface area contributed by atoms with Crippen molar-refractivity contribution in [3.05, 3.63) is 52.8 Å². The Kier molecular flexibility index (Phi) is 8.62. The number of rotatable bonds is 9. The van der Waals surface area contributed by atoms with Gasteiger partial charge >= 0.3 is 5.97 Å². The van der Waals surface area contributed by atoms with Crippen molar-refractivity contribution in [1.29, 1.82) is 0 Å². The standard InChI is InChI=1S/C26H29N3O7S2/c1-3-35-19-11-12-21-22(14-19)37-26(29(21)15-25(32)36-4-2)27-23(30)16-38(33,34)17-24(31)28-13-7-9-18-8-5-6-10-20(18)28/h5-6,8,10-12,14H,3-4,7,9,13,15-17H2,1-2H3. The molecule has 1 aliphatic heterocycles. The van der Waals surface area contributed by atoms with Crippen LogP contribution in [-0.2, 0) is 41.9 Å². The molecular weight excluding hydrogens is 530 g/mol. The summed E-state index contributed by atoms with van der Waals surface area (Å²) in [5.74, 6) is -3.13. The average molecular weight is 560 g/mol. The Balaban J connectivity index is 1.57. The smallest absolute Gasteiger partial charge is 0.326 e. The maximum Gasteiger partial charge on any atom is 0.326 e. The van der Waals surface area contributed by atoms with E-state index in [4.69, 9.17) is 9.47 Å². The number of aryl methyl sites for hydroxylation is 1. The van der Waals surface area contributed by atoms with Crippen molar-refractivity contribution in [2.45, 2.75) is 33.2 Å². The predicted molar refractivity (Wildman–Crippen MR) is 144 cm³/mol. The van der Waals surface area contributed by atoms with E-state index in [9.17, 15) is 22.8 Å². The highest BCUT2D eigenvalue weighted by Crippen LogP contribution is 2.27. The summed E-state index contributed by atoms with van der Waals surface area (Å²) >= 11 is 1.12. The summed E-state index contributed by atoms with van der Waals surface area (Å²) in [5, 5.41) is 0. The van der Waals surface area contributed by atoms with E-state index in [0.29, 0.717) is 34.8 Å². The maximum absolute atomic E-state index is 12.9. The first-order chi connectivity index (χ1) is 18.2. The van der Waals surface area contributed by atoms with Gasteiger partial charge < -0.3 is 18.9 Å². The van der Waals surface area contributed by atoms with Crippen LogP contribution >= 0.6 is 11.3 Å². The molecule has 0 fully saturated rings. The molecule has 4 rings (SSSR count). The quantitative estimate of drug-likeness (QED) is 0.369. The SMILES string of the molecule is CCOC(=O)Cn1c(=NC(=O)CS(=O)(=O)CC(=O)N2CCCc3ccccc32)sc2cc(OCC)ccc21. The number of hydrogen-bond donors (Lipinski definition) is 0. The predicted octanol–water partition coefficient (Wildman–Crippen LogP) is 2.49. The fraction of sp³-hybridized carbons (Fsp3) is 0.385. The second-order valence-electron chi connectivity index (χ2n) is 8.65. The molecule has 0 bridgehead atoms. The van der Waals surface area contributed by atoms with Gasteiger partial charge in [-0.25, -0.2) is 8.42 Å². The molecule has 0 N–H and O–H groups in total. The third-order valence-electron chi connectivity index (χ3n) is 5.88. The Morgan fingerprint density at radius 2 is 1.84 bits per heavy atom. The fourth-order valence-electron chi connectivity index (χ4n) is 4.32. The molecule has 202 valence electrons. The van der Waals surface area contributed by atoms with E-state index in [2.05, 4.69) is 4.99 Å². The second-order valence-corrected chi connectivity index (χ2v) is 11.7. The molecule has 2 heterocycles. The summed E-state index contributed by atoms with van der Waals surface area (Å²) in [6.45, 7) is 4.42. The van der Waals surface area contributed by atoms with E-state index in [-0.39, 0.29) is 18.0 Å². The van der Waals surface area contributed by atoms with Crippen molar-refractivity contribution in [3.8, 4) is 5.75 Å². The number of fused-ring (bicyclic) bond motifs is 2. The molecule has 1 aromatic heterocycles. The van der Waals surface area contributed by atoms with E-state index in [1.54, 1.807) is 37.3 Å². The number of para-hydroxylation sites is 1. The van der Waals surface area contributed by atoms with Gasteiger partial charge in [-0.05, 0) is 56.5 Å². The third kappa shape index (κ3) is 6.48. The molecule has 0 saturated heterocycles. The zero-order chi connectivity index (χ0) is 27.3. The van der Waals surface area contributed by atoms with Gasteiger partial charge in [0.2, 0.25) is 5.91 Å². The maximum atomic E-state index is 12.9. The Morgan fingerprint density at radius 1 is 1.05 bits per heavy atom. The summed E-state index contributed by atoms with van der Waals surface area (Å²) < 4.78 is 38.4. The van der Waals surface area contributed by atoms with Gasteiger partial charge in [0.15, 0.2) is 14.6 Å². The normalized spacial score (nSPS) is 13.8. The van der Waals surface area contributed by atoms with Crippen LogP contribution in [0.3, 0.4) is 0 Å². The van der Waals surface area contributed by atoms with Gasteiger partial charge in [0.1, 0.15) is 23.8 Å². The van der Waals surface area contributed by atoms with E-state index >= 15 is 0 Å². The molecular formula is C26H29N3O7S2. The molecule has 0 spiro atoms. The summed E-state index contributed by atoms with van der Waals surface area (Å²) in [5.41, 5.74) is 2.31. The number of benzene rings is 2. The number of ether oxygens (including phenoxy) is 2. The van der Waals surface area contributed by atoms with E-state index in [0.717, 1.165) is 29.7 Å². The molecule has 2 amide bonds. The van der Waals surface area contributed by atoms with Gasteiger partial charge in [0, 0.05) is 12.2 Å². The first-order valence-corrected chi connectivity index (χ1v) is 14.9. The van der Waals surface area contributed by atoms with Crippen LogP contribution in [0, 0.1) is 0 Å². The average Bonchev–Trinajstić information content (AvgIpc) is 3.18. The first-order valence-electron chi connectivity index (χ1n) is 12.3. The van der Waals surface area contributed by atoms with Crippen molar-refractivity contribution in [2.24, 2.45) is 4.99 Å². The highest BCUT2D eigenvalue weighted by molar-refractivity contribution is 7.92. The number of aromatic nitrogens is 1. The molecule has 12 heteroatoms. The lowest BCUT2D eigenvalue weighted by atomic mass is 10.0. The summed E-state index contributed by atoms with van der Waals surface area (Å²) in [4.78, 5) is 43.5. The van der Waals surface area contributed by atoms with Crippen LogP contribution in [0.2, 0.25) is 0 Å². The molecule has 0 radical (unpaired) electrons. The molecule has 2 aromatic carbocycles. The highest BCUT2D eigenvalue weighted by atomic mass is 32.2. The number of nitrogens with zero attached hydrogens (tertiary/aromatic N) is 3. The van der Waals surface area contributed by atoms with Crippen molar-refractivity contribution in [2.75, 3.05) is 36.2 Å². The topological polar surface area (TPSA) is 124 Å². The molecule has 0 atom stereocenters. The number of anilines is 1. The van der Waals surface area contributed by atoms with Crippen LogP contribution in [0.1, 0.15) is 25.8 Å². The van der Waals surface area contributed by atoms with E-state index < -0.39 is 39.1 Å². The summed E-state index contributed by atoms with van der Waals surface area (Å²) in [6, 6.07) is 12.6. The molecule has 3 aromatic rings. The van der Waals surface area contributed by atoms with Gasteiger partial charge in [0.05, 0.1) is 23.4 Å². The second kappa shape index (κ2) is 11.9. The Bertz CT molecular complexity index is 1540. The molecule has 1 aliphatic rings. The summed E-state index contributed by atoms with van der Waals surface area (Å²) in [6.07, 6.45) is 1.55. The lowest BCUT2D eigenvalue weighted by Gasteiger charge is -2.29. The number of sulfone groups is 1. The van der Waals surface area contributed by atoms with Gasteiger partial charge in [0.25, 0.3) is 5.91 Å². The Hall–Kier alpha value is -3.51. The Labute approximate surface area is 224 Å². The van der Waals surface area contributed by atoms with E-state index in [1.165, 1.54) is 9.47 Å². The number of esters is 1. The van der Waals surface area contributed by atoms with Crippen LogP contribution in [0.4, 0.5) is 5.69 Å². The van der Waals surface area contributed by atoms with Crippen LogP contribution in [0.5, 0.6) is 5.75 Å². The number of hydrogen-bond acceptors (Lipinski definition) is 8. The van der Waals surface area contributed by atoms with E-state index in [1.807, 2.05) is 19.1 Å². The summed E-state index contributed by atoms with van der Waals surface area (Å²) in [7, 11) is -4.09. The molecule has 10 nitrogen and oxygen atoms in total. The third-order valence-corrected chi connectivity index (χ3v) is 8.29. The monoisotopic (exact) mass is 559 g/mol. The minimum absolute atomic E-state index is 0.151. The minimum atomic E-state index is -4.09. The molecule has 38 heavy (non-hydrogen) atoms. The number of carbonyl (C=O) groups is 3. The first kappa shape index (κ1) is 27.5. The van der Waals surface area contributed by atoms with Gasteiger partial charge in [-0.3, -0.25) is 14.4 Å². The van der Waals surface area contributed by atoms with Crippen LogP contribution < -0.4 is 14.4 Å². The molecule has 0 saturated carbocycles. The molecule has 0 unspecified atom stereocenters. The van der Waals surface area contributed by atoms with Crippen molar-refractivity contribution in [3.63, 3.8) is 0 Å². The van der Waals surface area contributed by atoms with Gasteiger partial charge in [-0.15, -0.1) is 0 Å². The zero-order valence-corrected chi connectivity index (χ0v) is 22.8. The highest BCUT2D eigenvalue weighted by Gasteiger charge is 2.28. The number of thiazole rings is 1. The van der Waals surface area contributed by atoms with Gasteiger partial charge in [-0.2, -0.15) is 4.99 Å². The lowest BCUT2D eigenvalue weighted by Crippen LogP contribution is -2.40.